The monoisotopic (exact) mass is 265 g/mol. The van der Waals surface area contributed by atoms with Crippen molar-refractivity contribution in [3.63, 3.8) is 0 Å². The molecule has 1 amide bonds. The molecule has 19 heavy (non-hydrogen) atoms. The summed E-state index contributed by atoms with van der Waals surface area (Å²) in [6.07, 6.45) is 7.00. The lowest BCUT2D eigenvalue weighted by Gasteiger charge is -2.17. The fourth-order valence-corrected chi connectivity index (χ4v) is 2.22. The first-order chi connectivity index (χ1) is 9.16. The Bertz CT molecular complexity index is 480. The summed E-state index contributed by atoms with van der Waals surface area (Å²) in [5.74, 6) is -0.211. The smallest absolute Gasteiger partial charge is 0.271 e. The number of aromatic nitrogens is 2. The minimum Gasteiger partial charge on any atom is -0.378 e. The van der Waals surface area contributed by atoms with Gasteiger partial charge in [0.05, 0.1) is 18.5 Å². The van der Waals surface area contributed by atoms with Crippen molar-refractivity contribution in [1.82, 2.24) is 14.9 Å². The molecule has 1 aromatic rings. The predicted molar refractivity (Wildman–Crippen MR) is 70.0 cm³/mol. The van der Waals surface area contributed by atoms with E-state index in [1.54, 1.807) is 11.9 Å². The zero-order valence-corrected chi connectivity index (χ0v) is 11.1. The molecular formula is C13H19N3O3. The minimum absolute atomic E-state index is 0.211. The first-order valence-electron chi connectivity index (χ1n) is 6.58. The molecule has 1 aliphatic rings. The molecule has 0 bridgehead atoms. The van der Waals surface area contributed by atoms with Crippen molar-refractivity contribution < 1.29 is 9.53 Å². The van der Waals surface area contributed by atoms with Crippen LogP contribution in [0.4, 0.5) is 0 Å². The maximum atomic E-state index is 12.0. The first-order valence-corrected chi connectivity index (χ1v) is 6.58. The van der Waals surface area contributed by atoms with E-state index in [1.165, 1.54) is 6.20 Å². The molecule has 1 fully saturated rings. The molecule has 2 rings (SSSR count). The fourth-order valence-electron chi connectivity index (χ4n) is 2.22. The van der Waals surface area contributed by atoms with Crippen LogP contribution in [0.25, 0.3) is 0 Å². The standard InChI is InChI=1S/C13H19N3O3/c1-16(6-2-4-10-5-3-7-19-10)13(18)11-8-14-9-12(17)15-11/h8-10H,2-7H2,1H3,(H,15,17). The topological polar surface area (TPSA) is 75.3 Å². The highest BCUT2D eigenvalue weighted by molar-refractivity contribution is 5.91. The lowest BCUT2D eigenvalue weighted by atomic mass is 10.1. The summed E-state index contributed by atoms with van der Waals surface area (Å²) in [5.41, 5.74) is -0.134. The number of nitrogens with zero attached hydrogens (tertiary/aromatic N) is 2. The van der Waals surface area contributed by atoms with Gasteiger partial charge in [0.25, 0.3) is 11.5 Å². The number of hydrogen-bond donors (Lipinski definition) is 1. The molecule has 1 aromatic heterocycles. The quantitative estimate of drug-likeness (QED) is 0.854. The Kier molecular flexibility index (Phi) is 4.68. The van der Waals surface area contributed by atoms with E-state index in [-0.39, 0.29) is 17.2 Å². The summed E-state index contributed by atoms with van der Waals surface area (Å²) >= 11 is 0. The van der Waals surface area contributed by atoms with Gasteiger partial charge in [-0.1, -0.05) is 0 Å². The first kappa shape index (κ1) is 13.7. The highest BCUT2D eigenvalue weighted by atomic mass is 16.5. The second-order valence-corrected chi connectivity index (χ2v) is 4.81. The Morgan fingerprint density at radius 3 is 3.11 bits per heavy atom. The van der Waals surface area contributed by atoms with Gasteiger partial charge in [0.2, 0.25) is 0 Å². The van der Waals surface area contributed by atoms with Crippen molar-refractivity contribution in [2.75, 3.05) is 20.2 Å². The number of ether oxygens (including phenoxy) is 1. The van der Waals surface area contributed by atoms with E-state index in [2.05, 4.69) is 9.97 Å². The van der Waals surface area contributed by atoms with Crippen LogP contribution in [-0.4, -0.2) is 47.1 Å². The van der Waals surface area contributed by atoms with Crippen molar-refractivity contribution in [3.05, 3.63) is 28.4 Å². The third-order valence-electron chi connectivity index (χ3n) is 3.27. The van der Waals surface area contributed by atoms with Gasteiger partial charge in [0.15, 0.2) is 0 Å². The number of nitrogens with one attached hydrogen (secondary N) is 1. The molecule has 1 unspecified atom stereocenters. The van der Waals surface area contributed by atoms with Gasteiger partial charge in [0, 0.05) is 20.2 Å². The lowest BCUT2D eigenvalue weighted by Crippen LogP contribution is -2.30. The molecule has 0 aliphatic carbocycles. The maximum absolute atomic E-state index is 12.0. The van der Waals surface area contributed by atoms with Gasteiger partial charge in [-0.05, 0) is 25.7 Å². The predicted octanol–water partition coefficient (Wildman–Crippen LogP) is 0.801. The van der Waals surface area contributed by atoms with Crippen LogP contribution in [-0.2, 0) is 4.74 Å². The Morgan fingerprint density at radius 1 is 1.58 bits per heavy atom. The number of amides is 1. The summed E-state index contributed by atoms with van der Waals surface area (Å²) < 4.78 is 5.53. The number of carbonyl (C=O) groups is 1. The lowest BCUT2D eigenvalue weighted by molar-refractivity contribution is 0.0757. The SMILES string of the molecule is CN(CCCC1CCCO1)C(=O)c1cncc(=O)[nH]1. The molecule has 1 aliphatic heterocycles. The van der Waals surface area contributed by atoms with Gasteiger partial charge in [-0.3, -0.25) is 14.6 Å². The van der Waals surface area contributed by atoms with E-state index in [0.717, 1.165) is 38.5 Å². The summed E-state index contributed by atoms with van der Waals surface area (Å²) in [4.78, 5) is 30.9. The molecule has 0 aromatic carbocycles. The largest absolute Gasteiger partial charge is 0.378 e. The maximum Gasteiger partial charge on any atom is 0.271 e. The van der Waals surface area contributed by atoms with Crippen LogP contribution in [0, 0.1) is 0 Å². The Balaban J connectivity index is 1.80. The third-order valence-corrected chi connectivity index (χ3v) is 3.27. The van der Waals surface area contributed by atoms with Gasteiger partial charge in [-0.15, -0.1) is 0 Å². The van der Waals surface area contributed by atoms with Gasteiger partial charge in [0.1, 0.15) is 5.69 Å². The number of aromatic amines is 1. The molecule has 0 radical (unpaired) electrons. The van der Waals surface area contributed by atoms with Crippen LogP contribution >= 0.6 is 0 Å². The highest BCUT2D eigenvalue weighted by Gasteiger charge is 2.17. The molecule has 1 N–H and O–H groups in total. The molecule has 0 spiro atoms. The zero-order chi connectivity index (χ0) is 13.7. The highest BCUT2D eigenvalue weighted by Crippen LogP contribution is 2.16. The van der Waals surface area contributed by atoms with E-state index in [4.69, 9.17) is 4.74 Å². The Hall–Kier alpha value is -1.69. The molecule has 104 valence electrons. The van der Waals surface area contributed by atoms with Crippen LogP contribution in [0.5, 0.6) is 0 Å². The van der Waals surface area contributed by atoms with Gasteiger partial charge in [-0.2, -0.15) is 0 Å². The van der Waals surface area contributed by atoms with Crippen molar-refractivity contribution in [3.8, 4) is 0 Å². The zero-order valence-electron chi connectivity index (χ0n) is 11.1. The van der Waals surface area contributed by atoms with Gasteiger partial charge < -0.3 is 14.6 Å². The molecule has 1 atom stereocenters. The van der Waals surface area contributed by atoms with Crippen LogP contribution in [0.1, 0.15) is 36.2 Å². The number of hydrogen-bond acceptors (Lipinski definition) is 4. The molecule has 6 heteroatoms. The van der Waals surface area contributed by atoms with Gasteiger partial charge >= 0.3 is 0 Å². The van der Waals surface area contributed by atoms with Crippen LogP contribution in [0.3, 0.4) is 0 Å². The molecule has 1 saturated heterocycles. The van der Waals surface area contributed by atoms with E-state index >= 15 is 0 Å². The molecule has 6 nitrogen and oxygen atoms in total. The molecule has 0 saturated carbocycles. The number of carbonyl (C=O) groups excluding carboxylic acids is 1. The van der Waals surface area contributed by atoms with E-state index < -0.39 is 0 Å². The van der Waals surface area contributed by atoms with Crippen molar-refractivity contribution in [2.45, 2.75) is 31.8 Å². The van der Waals surface area contributed by atoms with Crippen molar-refractivity contribution in [1.29, 1.82) is 0 Å². The average molecular weight is 265 g/mol. The summed E-state index contributed by atoms with van der Waals surface area (Å²) in [7, 11) is 1.73. The fraction of sp³-hybridized carbons (Fsp3) is 0.615. The minimum atomic E-state index is -0.362. The average Bonchev–Trinajstić information content (AvgIpc) is 2.91. The van der Waals surface area contributed by atoms with Crippen molar-refractivity contribution >= 4 is 5.91 Å². The number of rotatable bonds is 5. The van der Waals surface area contributed by atoms with E-state index in [0.29, 0.717) is 12.6 Å². The van der Waals surface area contributed by atoms with E-state index in [1.807, 2.05) is 0 Å². The summed E-state index contributed by atoms with van der Waals surface area (Å²) in [6.45, 7) is 1.51. The van der Waals surface area contributed by atoms with Crippen LogP contribution < -0.4 is 5.56 Å². The Morgan fingerprint density at radius 2 is 2.42 bits per heavy atom. The second-order valence-electron chi connectivity index (χ2n) is 4.81. The second kappa shape index (κ2) is 6.47. The van der Waals surface area contributed by atoms with Gasteiger partial charge in [-0.25, -0.2) is 0 Å². The molecular weight excluding hydrogens is 246 g/mol. The van der Waals surface area contributed by atoms with Crippen LogP contribution in [0.15, 0.2) is 17.2 Å². The molecule has 2 heterocycles. The number of H-pyrrole nitrogens is 1. The van der Waals surface area contributed by atoms with Crippen molar-refractivity contribution in [2.24, 2.45) is 0 Å². The summed E-state index contributed by atoms with van der Waals surface area (Å²) in [5, 5.41) is 0. The van der Waals surface area contributed by atoms with Crippen LogP contribution in [0.2, 0.25) is 0 Å². The third kappa shape index (κ3) is 3.89. The summed E-state index contributed by atoms with van der Waals surface area (Å²) in [6, 6.07) is 0. The normalized spacial score (nSPS) is 18.5. The Labute approximate surface area is 111 Å². The van der Waals surface area contributed by atoms with E-state index in [9.17, 15) is 9.59 Å².